The minimum atomic E-state index is -2.34. The van der Waals surface area contributed by atoms with Gasteiger partial charge in [-0.2, -0.15) is 0 Å². The van der Waals surface area contributed by atoms with Gasteiger partial charge in [0.05, 0.1) is 5.54 Å². The Labute approximate surface area is 126 Å². The topological polar surface area (TPSA) is 35.5 Å². The number of rotatable bonds is 14. The van der Waals surface area contributed by atoms with Gasteiger partial charge in [-0.25, -0.2) is 0 Å². The largest absolute Gasteiger partial charge is 0.394 e. The minimum Gasteiger partial charge on any atom is -0.394 e. The zero-order chi connectivity index (χ0) is 15.3. The van der Waals surface area contributed by atoms with E-state index in [4.69, 9.17) is 8.85 Å². The molecule has 0 aromatic heterocycles. The van der Waals surface area contributed by atoms with Gasteiger partial charge in [-0.3, -0.25) is 0 Å². The molecular formula is C16H34O3Si. The van der Waals surface area contributed by atoms with E-state index in [0.717, 1.165) is 25.2 Å². The van der Waals surface area contributed by atoms with E-state index in [1.165, 1.54) is 32.1 Å². The Morgan fingerprint density at radius 3 is 1.90 bits per heavy atom. The summed E-state index contributed by atoms with van der Waals surface area (Å²) in [6, 6.07) is 0.855. The summed E-state index contributed by atoms with van der Waals surface area (Å²) in [6.07, 6.45) is 9.54. The number of carbonyl (C=O) groups is 1. The first-order valence-corrected chi connectivity index (χ1v) is 10.5. The Hall–Kier alpha value is -0.193. The van der Waals surface area contributed by atoms with E-state index >= 15 is 0 Å². The molecule has 0 N–H and O–H groups in total. The molecule has 0 saturated heterocycles. The van der Waals surface area contributed by atoms with Gasteiger partial charge in [-0.15, -0.1) is 0 Å². The van der Waals surface area contributed by atoms with E-state index < -0.39 is 8.56 Å². The lowest BCUT2D eigenvalue weighted by molar-refractivity contribution is -0.108. The maximum atomic E-state index is 11.5. The molecule has 0 bridgehead atoms. The van der Waals surface area contributed by atoms with E-state index in [0.29, 0.717) is 13.2 Å². The van der Waals surface area contributed by atoms with Gasteiger partial charge in [0.15, 0.2) is 0 Å². The van der Waals surface area contributed by atoms with Crippen molar-refractivity contribution in [2.45, 2.75) is 84.2 Å². The first-order chi connectivity index (χ1) is 9.70. The smallest absolute Gasteiger partial charge is 0.348 e. The Balaban J connectivity index is 4.32. The highest BCUT2D eigenvalue weighted by Gasteiger charge is 2.43. The summed E-state index contributed by atoms with van der Waals surface area (Å²) in [6.45, 7) is 9.58. The molecule has 0 aromatic carbocycles. The second-order valence-corrected chi connectivity index (χ2v) is 8.98. The van der Waals surface area contributed by atoms with Crippen LogP contribution in [0.4, 0.5) is 0 Å². The fraction of sp³-hybridized carbons (Fsp3) is 0.938. The molecule has 0 heterocycles. The standard InChI is InChI=1S/C16H34O3Si/c1-5-9-10-11-12-13-14-16(15-17)20(8-4,18-6-2)19-7-3/h15-16H,5-14H2,1-4H3. The molecular weight excluding hydrogens is 268 g/mol. The van der Waals surface area contributed by atoms with Crippen LogP contribution >= 0.6 is 0 Å². The molecule has 1 unspecified atom stereocenters. The van der Waals surface area contributed by atoms with Crippen LogP contribution in [0.3, 0.4) is 0 Å². The molecule has 0 aromatic rings. The van der Waals surface area contributed by atoms with Gasteiger partial charge < -0.3 is 13.6 Å². The monoisotopic (exact) mass is 302 g/mol. The van der Waals surface area contributed by atoms with E-state index in [-0.39, 0.29) is 5.54 Å². The quantitative estimate of drug-likeness (QED) is 0.262. The highest BCUT2D eigenvalue weighted by atomic mass is 28.4. The van der Waals surface area contributed by atoms with Crippen molar-refractivity contribution in [1.29, 1.82) is 0 Å². The second kappa shape index (κ2) is 12.5. The molecule has 0 aliphatic carbocycles. The molecule has 0 aliphatic rings. The van der Waals surface area contributed by atoms with Crippen LogP contribution < -0.4 is 0 Å². The highest BCUT2D eigenvalue weighted by Crippen LogP contribution is 2.31. The van der Waals surface area contributed by atoms with Gasteiger partial charge in [0.25, 0.3) is 0 Å². The van der Waals surface area contributed by atoms with Gasteiger partial charge in [0, 0.05) is 13.2 Å². The van der Waals surface area contributed by atoms with Crippen LogP contribution in [0.2, 0.25) is 11.6 Å². The van der Waals surface area contributed by atoms with Crippen molar-refractivity contribution in [1.82, 2.24) is 0 Å². The molecule has 0 fully saturated rings. The Morgan fingerprint density at radius 2 is 1.45 bits per heavy atom. The van der Waals surface area contributed by atoms with Crippen LogP contribution in [0.5, 0.6) is 0 Å². The van der Waals surface area contributed by atoms with E-state index in [1.54, 1.807) is 0 Å². The maximum Gasteiger partial charge on any atom is 0.348 e. The molecule has 4 heteroatoms. The lowest BCUT2D eigenvalue weighted by atomic mass is 10.1. The Morgan fingerprint density at radius 1 is 0.900 bits per heavy atom. The molecule has 0 rings (SSSR count). The molecule has 0 spiro atoms. The van der Waals surface area contributed by atoms with Gasteiger partial charge in [0.1, 0.15) is 6.29 Å². The van der Waals surface area contributed by atoms with Crippen molar-refractivity contribution >= 4 is 14.8 Å². The zero-order valence-electron chi connectivity index (χ0n) is 14.0. The fourth-order valence-corrected chi connectivity index (χ4v) is 6.02. The normalized spacial score (nSPS) is 13.4. The van der Waals surface area contributed by atoms with Gasteiger partial charge in [0.2, 0.25) is 0 Å². The van der Waals surface area contributed by atoms with E-state index in [2.05, 4.69) is 13.8 Å². The van der Waals surface area contributed by atoms with Gasteiger partial charge in [-0.05, 0) is 26.3 Å². The first kappa shape index (κ1) is 19.8. The summed E-state index contributed by atoms with van der Waals surface area (Å²) < 4.78 is 11.9. The molecule has 0 saturated carbocycles. The number of unbranched alkanes of at least 4 members (excludes halogenated alkanes) is 5. The molecule has 120 valence electrons. The molecule has 1 atom stereocenters. The van der Waals surface area contributed by atoms with Crippen molar-refractivity contribution in [3.05, 3.63) is 0 Å². The summed E-state index contributed by atoms with van der Waals surface area (Å²) in [5.41, 5.74) is -0.0152. The number of carbonyl (C=O) groups excluding carboxylic acids is 1. The lowest BCUT2D eigenvalue weighted by Crippen LogP contribution is -2.47. The molecule has 3 nitrogen and oxygen atoms in total. The Kier molecular flexibility index (Phi) is 12.4. The third-order valence-electron chi connectivity index (χ3n) is 3.87. The summed E-state index contributed by atoms with van der Waals surface area (Å²) in [7, 11) is -2.34. The van der Waals surface area contributed by atoms with Crippen LogP contribution in [0.1, 0.15) is 72.6 Å². The number of hydrogen-bond acceptors (Lipinski definition) is 3. The highest BCUT2D eigenvalue weighted by molar-refractivity contribution is 6.71. The summed E-state index contributed by atoms with van der Waals surface area (Å²) in [5, 5.41) is 0. The number of hydrogen-bond donors (Lipinski definition) is 0. The van der Waals surface area contributed by atoms with E-state index in [1.807, 2.05) is 13.8 Å². The van der Waals surface area contributed by atoms with Crippen LogP contribution in [0.25, 0.3) is 0 Å². The van der Waals surface area contributed by atoms with Crippen molar-refractivity contribution in [3.8, 4) is 0 Å². The minimum absolute atomic E-state index is 0.0152. The molecule has 20 heavy (non-hydrogen) atoms. The average Bonchev–Trinajstić information content (AvgIpc) is 2.46. The van der Waals surface area contributed by atoms with Crippen molar-refractivity contribution < 1.29 is 13.6 Å². The second-order valence-electron chi connectivity index (χ2n) is 5.33. The van der Waals surface area contributed by atoms with Crippen LogP contribution in [-0.2, 0) is 13.6 Å². The molecule has 0 radical (unpaired) electrons. The summed E-state index contributed by atoms with van der Waals surface area (Å²) >= 11 is 0. The van der Waals surface area contributed by atoms with Crippen molar-refractivity contribution in [2.75, 3.05) is 13.2 Å². The lowest BCUT2D eigenvalue weighted by Gasteiger charge is -2.33. The van der Waals surface area contributed by atoms with Crippen LogP contribution in [0.15, 0.2) is 0 Å². The average molecular weight is 303 g/mol. The van der Waals surface area contributed by atoms with Gasteiger partial charge in [-0.1, -0.05) is 52.4 Å². The van der Waals surface area contributed by atoms with Crippen molar-refractivity contribution in [2.24, 2.45) is 0 Å². The molecule has 0 aliphatic heterocycles. The summed E-state index contributed by atoms with van der Waals surface area (Å²) in [5.74, 6) is 0. The zero-order valence-corrected chi connectivity index (χ0v) is 15.0. The van der Waals surface area contributed by atoms with Gasteiger partial charge >= 0.3 is 8.56 Å². The summed E-state index contributed by atoms with van der Waals surface area (Å²) in [4.78, 5) is 11.5. The number of aldehydes is 1. The fourth-order valence-electron chi connectivity index (χ4n) is 2.75. The Bertz CT molecular complexity index is 228. The predicted molar refractivity (Wildman–Crippen MR) is 87.3 cm³/mol. The maximum absolute atomic E-state index is 11.5. The third kappa shape index (κ3) is 7.00. The predicted octanol–water partition coefficient (Wildman–Crippen LogP) is 4.84. The SMILES string of the molecule is CCCCCCCCC(C=O)[Si](CC)(OCC)OCC. The van der Waals surface area contributed by atoms with Crippen LogP contribution in [-0.4, -0.2) is 28.1 Å². The van der Waals surface area contributed by atoms with Crippen LogP contribution in [0, 0.1) is 0 Å². The first-order valence-electron chi connectivity index (χ1n) is 8.43. The molecule has 0 amide bonds. The van der Waals surface area contributed by atoms with E-state index in [9.17, 15) is 4.79 Å². The third-order valence-corrected chi connectivity index (χ3v) is 7.96. The van der Waals surface area contributed by atoms with Crippen molar-refractivity contribution in [3.63, 3.8) is 0 Å².